The van der Waals surface area contributed by atoms with E-state index >= 15 is 0 Å². The first-order valence-electron chi connectivity index (χ1n) is 14.2. The van der Waals surface area contributed by atoms with E-state index < -0.39 is 12.0 Å². The summed E-state index contributed by atoms with van der Waals surface area (Å²) in [6, 6.07) is 18.0. The summed E-state index contributed by atoms with van der Waals surface area (Å²) in [7, 11) is 3.09. The van der Waals surface area contributed by atoms with Crippen molar-refractivity contribution in [2.45, 2.75) is 26.4 Å². The van der Waals surface area contributed by atoms with E-state index in [4.69, 9.17) is 42.4 Å². The summed E-state index contributed by atoms with van der Waals surface area (Å²) >= 11 is 13.9. The number of rotatable bonds is 8. The molecule has 1 atom stereocenters. The van der Waals surface area contributed by atoms with Crippen LogP contribution in [0.3, 0.4) is 0 Å². The number of aromatic nitrogens is 2. The first-order chi connectivity index (χ1) is 21.7. The molecule has 6 rings (SSSR count). The average molecular weight is 663 g/mol. The molecule has 0 fully saturated rings. The third-order valence-electron chi connectivity index (χ3n) is 7.70. The molecule has 0 saturated heterocycles. The van der Waals surface area contributed by atoms with Crippen LogP contribution in [0.1, 0.15) is 36.6 Å². The van der Waals surface area contributed by atoms with Gasteiger partial charge < -0.3 is 18.8 Å². The van der Waals surface area contributed by atoms with E-state index in [2.05, 4.69) is 4.57 Å². The summed E-state index contributed by atoms with van der Waals surface area (Å²) in [4.78, 5) is 32.7. The number of carbonyl (C=O) groups is 1. The molecule has 3 aromatic carbocycles. The summed E-state index contributed by atoms with van der Waals surface area (Å²) < 4.78 is 20.5. The number of benzene rings is 3. The summed E-state index contributed by atoms with van der Waals surface area (Å²) in [5.41, 5.74) is 3.94. The second kappa shape index (κ2) is 12.6. The molecular formula is C34H29Cl2N3O5S. The molecular weight excluding hydrogens is 633 g/mol. The fourth-order valence-corrected chi connectivity index (χ4v) is 7.13. The maximum atomic E-state index is 14.2. The molecule has 1 unspecified atom stereocenters. The predicted molar refractivity (Wildman–Crippen MR) is 177 cm³/mol. The van der Waals surface area contributed by atoms with Crippen molar-refractivity contribution in [2.24, 2.45) is 4.99 Å². The highest BCUT2D eigenvalue weighted by Crippen LogP contribution is 2.36. The first kappa shape index (κ1) is 30.7. The normalized spacial score (nSPS) is 14.8. The van der Waals surface area contributed by atoms with Gasteiger partial charge in [-0.15, -0.1) is 0 Å². The van der Waals surface area contributed by atoms with Gasteiger partial charge in [0, 0.05) is 39.3 Å². The van der Waals surface area contributed by atoms with E-state index in [0.717, 1.165) is 22.0 Å². The van der Waals surface area contributed by atoms with Crippen LogP contribution in [0.2, 0.25) is 10.0 Å². The smallest absolute Gasteiger partial charge is 0.338 e. The Hall–Kier alpha value is -4.31. The summed E-state index contributed by atoms with van der Waals surface area (Å²) in [5, 5.41) is 2.14. The highest BCUT2D eigenvalue weighted by atomic mass is 35.5. The molecule has 230 valence electrons. The molecule has 0 bridgehead atoms. The minimum Gasteiger partial charge on any atom is -0.493 e. The van der Waals surface area contributed by atoms with Crippen molar-refractivity contribution in [2.75, 3.05) is 20.8 Å². The lowest BCUT2D eigenvalue weighted by molar-refractivity contribution is -0.139. The number of ether oxygens (including phenoxy) is 3. The fourth-order valence-electron chi connectivity index (χ4n) is 5.63. The van der Waals surface area contributed by atoms with Crippen LogP contribution in [0.5, 0.6) is 11.5 Å². The molecule has 1 aliphatic heterocycles. The van der Waals surface area contributed by atoms with Gasteiger partial charge in [0.1, 0.15) is 0 Å². The van der Waals surface area contributed by atoms with Gasteiger partial charge in [-0.25, -0.2) is 9.79 Å². The van der Waals surface area contributed by atoms with Crippen LogP contribution in [0.4, 0.5) is 0 Å². The van der Waals surface area contributed by atoms with Crippen molar-refractivity contribution in [3.63, 3.8) is 0 Å². The zero-order valence-electron chi connectivity index (χ0n) is 25.0. The molecule has 0 aliphatic carbocycles. The quantitative estimate of drug-likeness (QED) is 0.187. The van der Waals surface area contributed by atoms with Gasteiger partial charge >= 0.3 is 5.97 Å². The summed E-state index contributed by atoms with van der Waals surface area (Å²) in [6.45, 7) is 4.20. The monoisotopic (exact) mass is 661 g/mol. The molecule has 0 spiro atoms. The third-order valence-corrected chi connectivity index (χ3v) is 9.27. The lowest BCUT2D eigenvalue weighted by Gasteiger charge is -2.25. The molecule has 11 heteroatoms. The lowest BCUT2D eigenvalue weighted by Crippen LogP contribution is -2.39. The minimum atomic E-state index is -0.782. The zero-order chi connectivity index (χ0) is 31.8. The van der Waals surface area contributed by atoms with E-state index in [1.54, 1.807) is 43.7 Å². The van der Waals surface area contributed by atoms with E-state index in [9.17, 15) is 9.59 Å². The van der Waals surface area contributed by atoms with Crippen molar-refractivity contribution in [1.29, 1.82) is 0 Å². The number of thiazole rings is 1. The topological polar surface area (TPSA) is 84.1 Å². The Morgan fingerprint density at radius 3 is 2.56 bits per heavy atom. The van der Waals surface area contributed by atoms with Gasteiger partial charge in [-0.2, -0.15) is 0 Å². The van der Waals surface area contributed by atoms with Crippen molar-refractivity contribution >= 4 is 57.5 Å². The van der Waals surface area contributed by atoms with Crippen LogP contribution in [0.15, 0.2) is 87.9 Å². The second-order valence-corrected chi connectivity index (χ2v) is 12.2. The van der Waals surface area contributed by atoms with Crippen molar-refractivity contribution in [3.05, 3.63) is 125 Å². The van der Waals surface area contributed by atoms with Gasteiger partial charge in [-0.1, -0.05) is 64.9 Å². The highest BCUT2D eigenvalue weighted by molar-refractivity contribution is 7.07. The fraction of sp³-hybridized carbons (Fsp3) is 0.206. The van der Waals surface area contributed by atoms with Gasteiger partial charge in [-0.05, 0) is 61.4 Å². The van der Waals surface area contributed by atoms with Crippen molar-refractivity contribution < 1.29 is 19.0 Å². The molecule has 8 nitrogen and oxygen atoms in total. The average Bonchev–Trinajstić information content (AvgIpc) is 3.53. The molecule has 2 aromatic heterocycles. The van der Waals surface area contributed by atoms with E-state index in [-0.39, 0.29) is 12.2 Å². The van der Waals surface area contributed by atoms with Crippen LogP contribution < -0.4 is 24.4 Å². The zero-order valence-corrected chi connectivity index (χ0v) is 27.3. The number of para-hydroxylation sites is 1. The third kappa shape index (κ3) is 5.67. The molecule has 0 radical (unpaired) electrons. The van der Waals surface area contributed by atoms with Crippen LogP contribution in [0.25, 0.3) is 17.0 Å². The number of methoxy groups -OCH3 is 2. The summed E-state index contributed by atoms with van der Waals surface area (Å²) in [6.07, 6.45) is 3.89. The number of carbonyl (C=O) groups excluding carboxylic acids is 1. The SMILES string of the molecule is CCOC(=O)C1=C(C)N=c2s/c(=C/c3cn(Cc4ccc(Cl)cc4Cl)c4ccccc34)c(=O)n2C1c1ccc(OC)c(OC)c1. The number of fused-ring (bicyclic) bond motifs is 2. The van der Waals surface area contributed by atoms with Gasteiger partial charge in [0.2, 0.25) is 0 Å². The summed E-state index contributed by atoms with van der Waals surface area (Å²) in [5.74, 6) is 0.476. The number of esters is 1. The van der Waals surface area contributed by atoms with E-state index in [1.165, 1.54) is 18.4 Å². The van der Waals surface area contributed by atoms with Crippen molar-refractivity contribution in [3.8, 4) is 11.5 Å². The van der Waals surface area contributed by atoms with E-state index in [1.807, 2.05) is 54.7 Å². The van der Waals surface area contributed by atoms with Crippen LogP contribution in [0, 0.1) is 0 Å². The Morgan fingerprint density at radius 1 is 1.04 bits per heavy atom. The Balaban J connectivity index is 1.52. The number of halogens is 2. The first-order valence-corrected chi connectivity index (χ1v) is 15.7. The Bertz CT molecular complexity index is 2180. The van der Waals surface area contributed by atoms with Gasteiger partial charge in [0.15, 0.2) is 16.3 Å². The van der Waals surface area contributed by atoms with Gasteiger partial charge in [0.25, 0.3) is 5.56 Å². The Morgan fingerprint density at radius 2 is 1.82 bits per heavy atom. The molecule has 0 N–H and O–H groups in total. The van der Waals surface area contributed by atoms with Crippen LogP contribution >= 0.6 is 34.5 Å². The predicted octanol–water partition coefficient (Wildman–Crippen LogP) is 6.13. The molecule has 5 aromatic rings. The largest absolute Gasteiger partial charge is 0.493 e. The molecule has 0 amide bonds. The molecule has 45 heavy (non-hydrogen) atoms. The van der Waals surface area contributed by atoms with Crippen LogP contribution in [-0.2, 0) is 16.1 Å². The number of hydrogen-bond acceptors (Lipinski definition) is 7. The number of allylic oxidation sites excluding steroid dienone is 1. The number of nitrogens with zero attached hydrogens (tertiary/aromatic N) is 3. The van der Waals surface area contributed by atoms with Crippen molar-refractivity contribution in [1.82, 2.24) is 9.13 Å². The number of hydrogen-bond donors (Lipinski definition) is 0. The van der Waals surface area contributed by atoms with Gasteiger partial charge in [-0.3, -0.25) is 9.36 Å². The van der Waals surface area contributed by atoms with Crippen LogP contribution in [-0.4, -0.2) is 35.9 Å². The molecule has 0 saturated carbocycles. The maximum Gasteiger partial charge on any atom is 0.338 e. The maximum absolute atomic E-state index is 14.2. The standard InChI is InChI=1S/C34H29Cl2N3O5S/c1-5-44-33(41)30-19(2)37-34-39(31(30)20-11-13-27(42-3)28(14-20)43-4)32(40)29(45-34)15-22-18-38(26-9-7-6-8-24(22)26)17-21-10-12-23(35)16-25(21)36/h6-16,18,31H,5,17H2,1-4H3/b29-15+. The second-order valence-electron chi connectivity index (χ2n) is 10.4. The molecule has 3 heterocycles. The van der Waals surface area contributed by atoms with Gasteiger partial charge in [0.05, 0.1) is 42.7 Å². The highest BCUT2D eigenvalue weighted by Gasteiger charge is 2.34. The lowest BCUT2D eigenvalue weighted by atomic mass is 9.95. The molecule has 1 aliphatic rings. The minimum absolute atomic E-state index is 0.185. The van der Waals surface area contributed by atoms with E-state index in [0.29, 0.717) is 54.3 Å². The Labute approximate surface area is 273 Å². The Kier molecular flexibility index (Phi) is 8.59.